The number of anilines is 1. The molecule has 0 fully saturated rings. The Labute approximate surface area is 283 Å². The molecule has 1 atom stereocenters. The third kappa shape index (κ3) is 5.21. The molecule has 2 heterocycles. The molecule has 0 amide bonds. The molecule has 0 radical (unpaired) electrons. The van der Waals surface area contributed by atoms with Crippen LogP contribution in [0.1, 0.15) is 44.3 Å². The van der Waals surface area contributed by atoms with Crippen molar-refractivity contribution in [3.63, 3.8) is 0 Å². The lowest BCUT2D eigenvalue weighted by Crippen LogP contribution is -2.38. The van der Waals surface area contributed by atoms with E-state index in [2.05, 4.69) is 153 Å². The summed E-state index contributed by atoms with van der Waals surface area (Å²) in [6, 6.07) is 58.0. The first-order valence-electron chi connectivity index (χ1n) is 15.8. The number of hydrogen-bond donors (Lipinski definition) is 0. The van der Waals surface area contributed by atoms with Gasteiger partial charge in [0.2, 0.25) is 5.78 Å². The standard InChI is InChI=1S/C43H31BrN2O/c44-34-27-25-32(26-28-34)40-41-39(36-23-13-14-24-37(36)45(41)29-30-15-5-1-6-16-30)38(31-17-7-2-8-18-31)42(43(47)33-19-9-3-10-20-33)46(40)35-21-11-4-12-22-35/h1-28,40H,29H2. The summed E-state index contributed by atoms with van der Waals surface area (Å²) in [5.41, 5.74) is 9.93. The van der Waals surface area contributed by atoms with Crippen LogP contribution in [0.3, 0.4) is 0 Å². The monoisotopic (exact) mass is 670 g/mol. The van der Waals surface area contributed by atoms with Crippen LogP contribution < -0.4 is 4.90 Å². The molecule has 1 aliphatic heterocycles. The highest BCUT2D eigenvalue weighted by Gasteiger charge is 2.42. The molecular formula is C43H31BrN2O. The second kappa shape index (κ2) is 12.4. The Morgan fingerprint density at radius 1 is 0.617 bits per heavy atom. The van der Waals surface area contributed by atoms with Gasteiger partial charge in [0.1, 0.15) is 6.04 Å². The van der Waals surface area contributed by atoms with Crippen molar-refractivity contribution in [1.82, 2.24) is 4.57 Å². The Bertz CT molecular complexity index is 2220. The molecule has 1 aliphatic rings. The van der Waals surface area contributed by atoms with Crippen LogP contribution in [0.5, 0.6) is 0 Å². The number of nitrogens with zero attached hydrogens (tertiary/aromatic N) is 2. The van der Waals surface area contributed by atoms with Gasteiger partial charge in [-0.25, -0.2) is 0 Å². The second-order valence-corrected chi connectivity index (χ2v) is 12.7. The molecule has 47 heavy (non-hydrogen) atoms. The summed E-state index contributed by atoms with van der Waals surface area (Å²) >= 11 is 3.67. The molecule has 4 heteroatoms. The van der Waals surface area contributed by atoms with Gasteiger partial charge in [-0.3, -0.25) is 4.79 Å². The van der Waals surface area contributed by atoms with E-state index in [0.29, 0.717) is 17.8 Å². The van der Waals surface area contributed by atoms with Crippen LogP contribution in [0, 0.1) is 0 Å². The average Bonchev–Trinajstić information content (AvgIpc) is 3.45. The highest BCUT2D eigenvalue weighted by molar-refractivity contribution is 9.10. The van der Waals surface area contributed by atoms with Gasteiger partial charge in [-0.1, -0.05) is 155 Å². The van der Waals surface area contributed by atoms with Crippen molar-refractivity contribution in [3.05, 3.63) is 214 Å². The highest BCUT2D eigenvalue weighted by atomic mass is 79.9. The van der Waals surface area contributed by atoms with Crippen LogP contribution in [0.4, 0.5) is 5.69 Å². The zero-order chi connectivity index (χ0) is 31.7. The third-order valence-corrected chi connectivity index (χ3v) is 9.50. The third-order valence-electron chi connectivity index (χ3n) is 8.97. The normalized spacial score (nSPS) is 14.3. The van der Waals surface area contributed by atoms with Gasteiger partial charge in [-0.15, -0.1) is 0 Å². The molecule has 1 unspecified atom stereocenters. The number of Topliss-reactive ketones (excluding diaryl/α,β-unsaturated/α-hetero) is 1. The number of rotatable bonds is 7. The predicted molar refractivity (Wildman–Crippen MR) is 196 cm³/mol. The Morgan fingerprint density at radius 2 is 1.19 bits per heavy atom. The molecule has 0 saturated carbocycles. The van der Waals surface area contributed by atoms with Crippen molar-refractivity contribution in [1.29, 1.82) is 0 Å². The van der Waals surface area contributed by atoms with Gasteiger partial charge in [0, 0.05) is 44.3 Å². The number of carbonyl (C=O) groups excluding carboxylic acids is 1. The van der Waals surface area contributed by atoms with Crippen LogP contribution >= 0.6 is 15.9 Å². The van der Waals surface area contributed by atoms with Crippen molar-refractivity contribution in [2.45, 2.75) is 12.6 Å². The second-order valence-electron chi connectivity index (χ2n) is 11.8. The zero-order valence-corrected chi connectivity index (χ0v) is 27.2. The number of halogens is 1. The van der Waals surface area contributed by atoms with Gasteiger partial charge in [0.25, 0.3) is 0 Å². The van der Waals surface area contributed by atoms with Crippen molar-refractivity contribution < 1.29 is 4.79 Å². The maximum absolute atomic E-state index is 15.1. The van der Waals surface area contributed by atoms with Crippen LogP contribution in [-0.4, -0.2) is 10.4 Å². The van der Waals surface area contributed by atoms with Gasteiger partial charge < -0.3 is 9.47 Å². The van der Waals surface area contributed by atoms with E-state index < -0.39 is 0 Å². The Hall–Kier alpha value is -5.45. The molecule has 8 rings (SSSR count). The Balaban J connectivity index is 1.56. The molecule has 7 aromatic rings. The minimum absolute atomic E-state index is 0.0130. The van der Waals surface area contributed by atoms with E-state index >= 15 is 4.79 Å². The van der Waals surface area contributed by atoms with Crippen molar-refractivity contribution in [2.24, 2.45) is 0 Å². The lowest BCUT2D eigenvalue weighted by Gasteiger charge is -2.41. The lowest BCUT2D eigenvalue weighted by atomic mass is 9.82. The lowest BCUT2D eigenvalue weighted by molar-refractivity contribution is 0.103. The van der Waals surface area contributed by atoms with Crippen molar-refractivity contribution >= 4 is 43.9 Å². The number of para-hydroxylation sites is 2. The summed E-state index contributed by atoms with van der Waals surface area (Å²) < 4.78 is 3.48. The fraction of sp³-hybridized carbons (Fsp3) is 0.0465. The van der Waals surface area contributed by atoms with E-state index in [1.807, 2.05) is 42.5 Å². The summed E-state index contributed by atoms with van der Waals surface area (Å²) in [6.07, 6.45) is 0. The molecule has 0 aliphatic carbocycles. The van der Waals surface area contributed by atoms with Crippen LogP contribution in [0.25, 0.3) is 16.5 Å². The Kier molecular flexibility index (Phi) is 7.64. The van der Waals surface area contributed by atoms with E-state index in [0.717, 1.165) is 49.0 Å². The topological polar surface area (TPSA) is 25.2 Å². The minimum Gasteiger partial charge on any atom is -0.337 e. The van der Waals surface area contributed by atoms with Gasteiger partial charge in [0.15, 0.2) is 0 Å². The number of benzene rings is 6. The van der Waals surface area contributed by atoms with Crippen LogP contribution in [0.2, 0.25) is 0 Å². The molecule has 0 N–H and O–H groups in total. The maximum Gasteiger partial charge on any atom is 0.210 e. The first-order valence-corrected chi connectivity index (χ1v) is 16.6. The van der Waals surface area contributed by atoms with Gasteiger partial charge >= 0.3 is 0 Å². The number of aromatic nitrogens is 1. The molecule has 6 aromatic carbocycles. The number of carbonyl (C=O) groups is 1. The number of ketones is 1. The van der Waals surface area contributed by atoms with Gasteiger partial charge in [-0.05, 0) is 47.0 Å². The van der Waals surface area contributed by atoms with E-state index in [9.17, 15) is 0 Å². The van der Waals surface area contributed by atoms with E-state index in [1.165, 1.54) is 5.56 Å². The molecule has 0 spiro atoms. The molecule has 226 valence electrons. The van der Waals surface area contributed by atoms with Crippen molar-refractivity contribution in [2.75, 3.05) is 4.90 Å². The van der Waals surface area contributed by atoms with E-state index in [4.69, 9.17) is 0 Å². The summed E-state index contributed by atoms with van der Waals surface area (Å²) in [5.74, 6) is -0.0130. The molecule has 0 bridgehead atoms. The molecule has 0 saturated heterocycles. The zero-order valence-electron chi connectivity index (χ0n) is 25.6. The quantitative estimate of drug-likeness (QED) is 0.158. The Morgan fingerprint density at radius 3 is 1.87 bits per heavy atom. The molecule has 1 aromatic heterocycles. The molecular weight excluding hydrogens is 640 g/mol. The summed E-state index contributed by atoms with van der Waals surface area (Å²) in [4.78, 5) is 17.4. The fourth-order valence-corrected chi connectivity index (χ4v) is 7.21. The van der Waals surface area contributed by atoms with Crippen molar-refractivity contribution in [3.8, 4) is 0 Å². The predicted octanol–water partition coefficient (Wildman–Crippen LogP) is 10.7. The SMILES string of the molecule is O=C(C1=C(c2ccccc2)c2c(n(Cc3ccccc3)c3ccccc23)C(c2ccc(Br)cc2)N1c1ccccc1)c1ccccc1. The van der Waals surface area contributed by atoms with Gasteiger partial charge in [-0.2, -0.15) is 0 Å². The molecule has 3 nitrogen and oxygen atoms in total. The minimum atomic E-state index is -0.299. The first kappa shape index (κ1) is 29.0. The summed E-state index contributed by atoms with van der Waals surface area (Å²) in [7, 11) is 0. The van der Waals surface area contributed by atoms with Crippen LogP contribution in [0.15, 0.2) is 180 Å². The number of hydrogen-bond acceptors (Lipinski definition) is 2. The smallest absolute Gasteiger partial charge is 0.210 e. The fourth-order valence-electron chi connectivity index (χ4n) is 6.95. The maximum atomic E-state index is 15.1. The number of allylic oxidation sites excluding steroid dienone is 1. The first-order chi connectivity index (χ1) is 23.2. The van der Waals surface area contributed by atoms with E-state index in [-0.39, 0.29) is 11.8 Å². The van der Waals surface area contributed by atoms with Crippen LogP contribution in [-0.2, 0) is 6.54 Å². The summed E-state index contributed by atoms with van der Waals surface area (Å²) in [6.45, 7) is 0.691. The van der Waals surface area contributed by atoms with Gasteiger partial charge in [0.05, 0.1) is 11.4 Å². The average molecular weight is 672 g/mol. The highest BCUT2D eigenvalue weighted by Crippen LogP contribution is 2.51. The number of fused-ring (bicyclic) bond motifs is 3. The van der Waals surface area contributed by atoms with E-state index in [1.54, 1.807) is 0 Å². The summed E-state index contributed by atoms with van der Waals surface area (Å²) in [5, 5.41) is 1.13. The largest absolute Gasteiger partial charge is 0.337 e.